The molecule has 1 unspecified atom stereocenters. The van der Waals surface area contributed by atoms with Crippen molar-refractivity contribution in [1.82, 2.24) is 15.2 Å². The van der Waals surface area contributed by atoms with Crippen LogP contribution in [0.3, 0.4) is 0 Å². The molecule has 144 valence electrons. The predicted molar refractivity (Wildman–Crippen MR) is 88.6 cm³/mol. The molecule has 3 aromatic rings. The Bertz CT molecular complexity index is 981. The van der Waals surface area contributed by atoms with Gasteiger partial charge in [-0.2, -0.15) is 5.10 Å². The number of H-pyrrole nitrogens is 2. The highest BCUT2D eigenvalue weighted by molar-refractivity contribution is 8.00. The van der Waals surface area contributed by atoms with Crippen LogP contribution in [0.2, 0.25) is 0 Å². The van der Waals surface area contributed by atoms with Crippen molar-refractivity contribution in [2.45, 2.75) is 23.0 Å². The van der Waals surface area contributed by atoms with Crippen molar-refractivity contribution in [2.75, 3.05) is 11.5 Å². The van der Waals surface area contributed by atoms with Gasteiger partial charge < -0.3 is 0 Å². The number of nitrogens with one attached hydrogen (secondary N) is 2. The average molecular weight is 431 g/mol. The summed E-state index contributed by atoms with van der Waals surface area (Å²) in [6.45, 7) is 2.10. The first kappa shape index (κ1) is 20.1. The first-order valence-electron chi connectivity index (χ1n) is 7.67. The zero-order valence-electron chi connectivity index (χ0n) is 14.0. The summed E-state index contributed by atoms with van der Waals surface area (Å²) in [5.41, 5.74) is 2.02. The maximum Gasteiger partial charge on any atom is 0.320 e. The van der Waals surface area contributed by atoms with E-state index >= 15 is 0 Å². The number of rotatable bonds is 3. The largest absolute Gasteiger partial charge is 0.320 e. The molecule has 9 nitrogen and oxygen atoms in total. The molecule has 2 aromatic heterocycles. The molecule has 2 N–H and O–H groups in total. The third-order valence-corrected chi connectivity index (χ3v) is 6.07. The van der Waals surface area contributed by atoms with E-state index in [1.807, 2.05) is 11.8 Å². The highest BCUT2D eigenvalue weighted by atomic mass is 35.7. The minimum atomic E-state index is -4.94. The fourth-order valence-electron chi connectivity index (χ4n) is 2.61. The summed E-state index contributed by atoms with van der Waals surface area (Å²) in [6, 6.07) is 8.93. The maximum absolute atomic E-state index is 12.0. The molecular formula is C15H15ClN4O5S2. The maximum atomic E-state index is 12.0. The number of aromatic nitrogens is 4. The Labute approximate surface area is 164 Å². The molecule has 0 aliphatic carbocycles. The Hall–Kier alpha value is -1.60. The van der Waals surface area contributed by atoms with Gasteiger partial charge in [-0.05, 0) is 19.1 Å². The van der Waals surface area contributed by atoms with E-state index in [9.17, 15) is 4.79 Å². The van der Waals surface area contributed by atoms with Gasteiger partial charge in [-0.3, -0.25) is 4.79 Å². The van der Waals surface area contributed by atoms with Gasteiger partial charge in [0.1, 0.15) is 6.04 Å². The molecular weight excluding hydrogens is 416 g/mol. The van der Waals surface area contributed by atoms with E-state index in [0.29, 0.717) is 11.4 Å². The van der Waals surface area contributed by atoms with Crippen LogP contribution in [-0.2, 0) is 0 Å². The average Bonchev–Trinajstić information content (AvgIpc) is 3.19. The Morgan fingerprint density at radius 3 is 2.63 bits per heavy atom. The Morgan fingerprint density at radius 1 is 1.30 bits per heavy atom. The van der Waals surface area contributed by atoms with Crippen LogP contribution >= 0.6 is 23.5 Å². The lowest BCUT2D eigenvalue weighted by Gasteiger charge is -2.17. The molecule has 0 fully saturated rings. The van der Waals surface area contributed by atoms with Gasteiger partial charge in [-0.15, -0.1) is 27.1 Å². The number of fused-ring (bicyclic) bond motifs is 3. The molecule has 1 atom stereocenters. The third-order valence-electron chi connectivity index (χ3n) is 3.78. The van der Waals surface area contributed by atoms with Crippen LogP contribution in [0.15, 0.2) is 45.3 Å². The van der Waals surface area contributed by atoms with Gasteiger partial charge in [0.2, 0.25) is 0 Å². The number of hydrogen-bond acceptors (Lipinski definition) is 8. The van der Waals surface area contributed by atoms with Crippen molar-refractivity contribution in [3.8, 4) is 0 Å². The summed E-state index contributed by atoms with van der Waals surface area (Å²) in [4.78, 5) is 16.2. The molecule has 4 rings (SSSR count). The third kappa shape index (κ3) is 5.23. The summed E-state index contributed by atoms with van der Waals surface area (Å²) >= 11 is 3.54. The molecule has 0 amide bonds. The highest BCUT2D eigenvalue weighted by Gasteiger charge is 2.32. The Balaban J connectivity index is 0.000000376. The monoisotopic (exact) mass is 430 g/mol. The number of benzene rings is 1. The van der Waals surface area contributed by atoms with Crippen LogP contribution in [0.25, 0.3) is 11.0 Å². The minimum absolute atomic E-state index is 0.0747. The summed E-state index contributed by atoms with van der Waals surface area (Å²) in [5, 5.41) is 8.52. The molecule has 0 spiro atoms. The van der Waals surface area contributed by atoms with Gasteiger partial charge in [-0.25, -0.2) is 28.2 Å². The van der Waals surface area contributed by atoms with Crippen LogP contribution in [0.5, 0.6) is 0 Å². The minimum Gasteiger partial charge on any atom is -0.250 e. The SMILES string of the molecule is Cc1ccc(SCC2CSc3[nH]c(=O)c4cn[nH]c4[n+]32)cc1.[O-][Cl+3]([O-])([O-])[O-]. The number of hydrogen-bond donors (Lipinski definition) is 2. The zero-order valence-corrected chi connectivity index (χ0v) is 16.4. The Morgan fingerprint density at radius 2 is 1.96 bits per heavy atom. The van der Waals surface area contributed by atoms with Crippen LogP contribution in [0.4, 0.5) is 0 Å². The number of aryl methyl sites for hydroxylation is 1. The first-order chi connectivity index (χ1) is 12.7. The highest BCUT2D eigenvalue weighted by Crippen LogP contribution is 2.30. The van der Waals surface area contributed by atoms with Crippen LogP contribution in [-0.4, -0.2) is 26.7 Å². The van der Waals surface area contributed by atoms with Crippen LogP contribution < -0.4 is 28.8 Å². The van der Waals surface area contributed by atoms with Crippen molar-refractivity contribution in [3.63, 3.8) is 0 Å². The van der Waals surface area contributed by atoms with Crippen molar-refractivity contribution >= 4 is 34.6 Å². The van der Waals surface area contributed by atoms with Gasteiger partial charge in [0, 0.05) is 16.4 Å². The molecule has 1 aliphatic heterocycles. The summed E-state index contributed by atoms with van der Waals surface area (Å²) in [5.74, 6) is 1.93. The van der Waals surface area contributed by atoms with Gasteiger partial charge in [0.25, 0.3) is 10.8 Å². The lowest BCUT2D eigenvalue weighted by molar-refractivity contribution is -2.00. The molecule has 1 aromatic carbocycles. The second kappa shape index (κ2) is 8.19. The lowest BCUT2D eigenvalue weighted by atomic mass is 10.2. The van der Waals surface area contributed by atoms with E-state index in [-0.39, 0.29) is 5.56 Å². The zero-order chi connectivity index (χ0) is 19.6. The van der Waals surface area contributed by atoms with Crippen molar-refractivity contribution < 1.29 is 33.4 Å². The fraction of sp³-hybridized carbons (Fsp3) is 0.267. The number of aromatic amines is 2. The van der Waals surface area contributed by atoms with Crippen molar-refractivity contribution in [1.29, 1.82) is 0 Å². The summed E-state index contributed by atoms with van der Waals surface area (Å²) < 4.78 is 36.1. The summed E-state index contributed by atoms with van der Waals surface area (Å²) in [7, 11) is -4.94. The Kier molecular flexibility index (Phi) is 6.11. The molecule has 0 radical (unpaired) electrons. The molecule has 0 saturated carbocycles. The molecule has 0 bridgehead atoms. The van der Waals surface area contributed by atoms with E-state index in [4.69, 9.17) is 18.6 Å². The number of thioether (sulfide) groups is 2. The van der Waals surface area contributed by atoms with Crippen molar-refractivity contribution in [3.05, 3.63) is 46.4 Å². The molecule has 12 heteroatoms. The topological polar surface area (TPSA) is 158 Å². The normalized spacial score (nSPS) is 16.1. The molecule has 3 heterocycles. The second-order valence-electron chi connectivity index (χ2n) is 5.73. The smallest absolute Gasteiger partial charge is 0.250 e. The van der Waals surface area contributed by atoms with Gasteiger partial charge in [-0.1, -0.05) is 29.5 Å². The van der Waals surface area contributed by atoms with Crippen LogP contribution in [0, 0.1) is 17.2 Å². The number of nitrogens with zero attached hydrogens (tertiary/aromatic N) is 2. The van der Waals surface area contributed by atoms with Gasteiger partial charge >= 0.3 is 5.56 Å². The molecule has 1 aliphatic rings. The summed E-state index contributed by atoms with van der Waals surface area (Å²) in [6.07, 6.45) is 1.59. The fourth-order valence-corrected chi connectivity index (χ4v) is 4.90. The van der Waals surface area contributed by atoms with Crippen molar-refractivity contribution in [2.24, 2.45) is 0 Å². The first-order valence-corrected chi connectivity index (χ1v) is 10.9. The predicted octanol–water partition coefficient (Wildman–Crippen LogP) is -2.47. The standard InChI is InChI=1S/C15H14N4OS2.ClHO4/c1-9-2-4-11(5-3-9)21-7-10-8-22-15-17-14(20)12-6-16-18-13(12)19(10)15;2-1(3,4)5/h2-6,10H,7-8H2,1H3,(H,16,18,20);(H,2,3,4,5). The van der Waals surface area contributed by atoms with Gasteiger partial charge in [0.05, 0.1) is 6.20 Å². The molecule has 0 saturated heterocycles. The quantitative estimate of drug-likeness (QED) is 0.263. The van der Waals surface area contributed by atoms with E-state index in [1.165, 1.54) is 10.5 Å². The van der Waals surface area contributed by atoms with Gasteiger partial charge in [0.15, 0.2) is 5.39 Å². The van der Waals surface area contributed by atoms with E-state index in [2.05, 4.69) is 50.9 Å². The number of halogens is 1. The second-order valence-corrected chi connectivity index (χ2v) is 8.59. The van der Waals surface area contributed by atoms with Crippen LogP contribution in [0.1, 0.15) is 11.6 Å². The van der Waals surface area contributed by atoms with E-state index < -0.39 is 10.2 Å². The molecule has 27 heavy (non-hydrogen) atoms. The van der Waals surface area contributed by atoms with E-state index in [1.54, 1.807) is 18.0 Å². The van der Waals surface area contributed by atoms with E-state index in [0.717, 1.165) is 22.3 Å². The lowest BCUT2D eigenvalue weighted by Crippen LogP contribution is -2.68.